The fraction of sp³-hybridized carbons (Fsp3) is 0.0625. The number of amides is 1. The van der Waals surface area contributed by atoms with Crippen molar-refractivity contribution in [2.45, 2.75) is 0 Å². The largest absolute Gasteiger partial charge is 0.480 e. The zero-order valence-corrected chi connectivity index (χ0v) is 13.7. The Morgan fingerprint density at radius 1 is 1.33 bits per heavy atom. The van der Waals surface area contributed by atoms with Gasteiger partial charge in [-0.3, -0.25) is 14.5 Å². The van der Waals surface area contributed by atoms with Gasteiger partial charge in [0.05, 0.1) is 10.5 Å². The first kappa shape index (κ1) is 16.4. The fourth-order valence-electron chi connectivity index (χ4n) is 2.14. The molecule has 1 aliphatic rings. The Morgan fingerprint density at radius 2 is 2.08 bits per heavy atom. The lowest BCUT2D eigenvalue weighted by Gasteiger charge is -2.09. The number of halogens is 1. The number of carboxylic acids is 1. The van der Waals surface area contributed by atoms with E-state index in [1.807, 2.05) is 0 Å². The number of nitrogens with zero attached hydrogens (tertiary/aromatic N) is 1. The van der Waals surface area contributed by atoms with Crippen LogP contribution in [0.5, 0.6) is 0 Å². The number of furan rings is 1. The molecule has 1 N–H and O–H groups in total. The molecule has 24 heavy (non-hydrogen) atoms. The molecule has 0 atom stereocenters. The van der Waals surface area contributed by atoms with Crippen LogP contribution in [0.3, 0.4) is 0 Å². The summed E-state index contributed by atoms with van der Waals surface area (Å²) < 4.78 is 19.5. The van der Waals surface area contributed by atoms with Gasteiger partial charge in [-0.1, -0.05) is 36.1 Å². The van der Waals surface area contributed by atoms with Gasteiger partial charge in [0.2, 0.25) is 0 Å². The molecular formula is C16H10FNO4S2. The van der Waals surface area contributed by atoms with Gasteiger partial charge in [-0.25, -0.2) is 4.39 Å². The maximum Gasteiger partial charge on any atom is 0.323 e. The van der Waals surface area contributed by atoms with Gasteiger partial charge >= 0.3 is 5.97 Å². The van der Waals surface area contributed by atoms with E-state index in [0.29, 0.717) is 17.1 Å². The van der Waals surface area contributed by atoms with Crippen LogP contribution in [0.2, 0.25) is 0 Å². The maximum atomic E-state index is 13.8. The average Bonchev–Trinajstić information content (AvgIpc) is 3.08. The lowest BCUT2D eigenvalue weighted by molar-refractivity contribution is -0.140. The van der Waals surface area contributed by atoms with Crippen molar-refractivity contribution in [2.24, 2.45) is 0 Å². The molecule has 1 aromatic carbocycles. The molecule has 1 saturated heterocycles. The second-order valence-corrected chi connectivity index (χ2v) is 6.52. The van der Waals surface area contributed by atoms with Gasteiger partial charge in [-0.15, -0.1) is 0 Å². The summed E-state index contributed by atoms with van der Waals surface area (Å²) in [4.78, 5) is 24.2. The third-order valence-corrected chi connectivity index (χ3v) is 4.58. The molecule has 1 amide bonds. The molecule has 2 heterocycles. The van der Waals surface area contributed by atoms with E-state index >= 15 is 0 Å². The van der Waals surface area contributed by atoms with Gasteiger partial charge in [0.25, 0.3) is 5.91 Å². The zero-order chi connectivity index (χ0) is 17.3. The quantitative estimate of drug-likeness (QED) is 0.663. The number of aliphatic carboxylic acids is 1. The Kier molecular flexibility index (Phi) is 4.50. The van der Waals surface area contributed by atoms with Gasteiger partial charge in [0.1, 0.15) is 28.2 Å². The highest BCUT2D eigenvalue weighted by Gasteiger charge is 2.33. The predicted molar refractivity (Wildman–Crippen MR) is 91.6 cm³/mol. The van der Waals surface area contributed by atoms with E-state index < -0.39 is 24.2 Å². The zero-order valence-electron chi connectivity index (χ0n) is 12.1. The summed E-state index contributed by atoms with van der Waals surface area (Å²) in [6.07, 6.45) is 1.46. The number of thiocarbonyl (C=S) groups is 1. The van der Waals surface area contributed by atoms with E-state index in [9.17, 15) is 14.0 Å². The molecule has 0 unspecified atom stereocenters. The minimum absolute atomic E-state index is 0.175. The van der Waals surface area contributed by atoms with Gasteiger partial charge in [0, 0.05) is 6.08 Å². The normalized spacial score (nSPS) is 16.2. The summed E-state index contributed by atoms with van der Waals surface area (Å²) in [5.41, 5.74) is 0.315. The lowest BCUT2D eigenvalue weighted by Crippen LogP contribution is -2.33. The van der Waals surface area contributed by atoms with Crippen molar-refractivity contribution in [3.05, 3.63) is 52.9 Å². The van der Waals surface area contributed by atoms with E-state index in [2.05, 4.69) is 0 Å². The highest BCUT2D eigenvalue weighted by Crippen LogP contribution is 2.33. The van der Waals surface area contributed by atoms with Gasteiger partial charge in [0.15, 0.2) is 0 Å². The first-order chi connectivity index (χ1) is 11.5. The second kappa shape index (κ2) is 6.58. The Morgan fingerprint density at radius 3 is 2.79 bits per heavy atom. The summed E-state index contributed by atoms with van der Waals surface area (Å²) in [5.74, 6) is -1.36. The van der Waals surface area contributed by atoms with Crippen molar-refractivity contribution in [3.63, 3.8) is 0 Å². The summed E-state index contributed by atoms with van der Waals surface area (Å²) in [6.45, 7) is -0.485. The van der Waals surface area contributed by atoms with Crippen LogP contribution in [0, 0.1) is 5.82 Å². The van der Waals surface area contributed by atoms with E-state index in [1.54, 1.807) is 30.3 Å². The molecular weight excluding hydrogens is 353 g/mol. The summed E-state index contributed by atoms with van der Waals surface area (Å²) in [6, 6.07) is 9.39. The molecule has 0 spiro atoms. The summed E-state index contributed by atoms with van der Waals surface area (Å²) in [5, 5.41) is 8.80. The Bertz CT molecular complexity index is 874. The molecule has 0 radical (unpaired) electrons. The highest BCUT2D eigenvalue weighted by atomic mass is 32.2. The number of benzene rings is 1. The molecule has 3 rings (SSSR count). The molecule has 0 aliphatic carbocycles. The lowest BCUT2D eigenvalue weighted by atomic mass is 10.1. The Balaban J connectivity index is 1.85. The SMILES string of the molecule is O=C(O)CN1C(=O)/C(=C/c2ccc(-c3ccccc3F)o2)SC1=S. The Hall–Kier alpha value is -2.45. The van der Waals surface area contributed by atoms with Crippen LogP contribution in [0.4, 0.5) is 4.39 Å². The molecule has 1 aromatic heterocycles. The number of hydrogen-bond donors (Lipinski definition) is 1. The second-order valence-electron chi connectivity index (χ2n) is 4.84. The van der Waals surface area contributed by atoms with E-state index in [4.69, 9.17) is 21.7 Å². The van der Waals surface area contributed by atoms with Crippen molar-refractivity contribution < 1.29 is 23.5 Å². The highest BCUT2D eigenvalue weighted by molar-refractivity contribution is 8.26. The minimum Gasteiger partial charge on any atom is -0.480 e. The number of carbonyl (C=O) groups excluding carboxylic acids is 1. The van der Waals surface area contributed by atoms with Crippen LogP contribution in [-0.4, -0.2) is 32.7 Å². The van der Waals surface area contributed by atoms with Gasteiger partial charge in [-0.05, 0) is 24.3 Å². The van der Waals surface area contributed by atoms with Crippen LogP contribution in [0.15, 0.2) is 45.7 Å². The molecule has 5 nitrogen and oxygen atoms in total. The summed E-state index contributed by atoms with van der Waals surface area (Å²) >= 11 is 6.01. The van der Waals surface area contributed by atoms with E-state index in [0.717, 1.165) is 16.7 Å². The molecule has 0 saturated carbocycles. The van der Waals surface area contributed by atoms with Gasteiger partial charge in [-0.2, -0.15) is 0 Å². The fourth-order valence-corrected chi connectivity index (χ4v) is 3.37. The van der Waals surface area contributed by atoms with Crippen molar-refractivity contribution in [1.29, 1.82) is 0 Å². The molecule has 1 aliphatic heterocycles. The third kappa shape index (κ3) is 3.24. The maximum absolute atomic E-state index is 13.8. The molecule has 0 bridgehead atoms. The standard InChI is InChI=1S/C16H10FNO4S2/c17-11-4-2-1-3-10(11)12-6-5-9(22-12)7-13-15(21)18(8-14(19)20)16(23)24-13/h1-7H,8H2,(H,19,20)/b13-7-. The first-order valence-corrected chi connectivity index (χ1v) is 8.00. The Labute approximate surface area is 145 Å². The van der Waals surface area contributed by atoms with Crippen molar-refractivity contribution in [2.75, 3.05) is 6.54 Å². The molecule has 8 heteroatoms. The predicted octanol–water partition coefficient (Wildman–Crippen LogP) is 3.37. The number of carboxylic acid groups (broad SMARTS) is 1. The van der Waals surface area contributed by atoms with Crippen LogP contribution in [0.1, 0.15) is 5.76 Å². The molecule has 122 valence electrons. The molecule has 1 fully saturated rings. The van der Waals surface area contributed by atoms with Crippen molar-refractivity contribution >= 4 is 46.3 Å². The smallest absolute Gasteiger partial charge is 0.323 e. The number of thioether (sulfide) groups is 1. The van der Waals surface area contributed by atoms with E-state index in [-0.39, 0.29) is 9.23 Å². The third-order valence-electron chi connectivity index (χ3n) is 3.21. The first-order valence-electron chi connectivity index (χ1n) is 6.77. The minimum atomic E-state index is -1.15. The topological polar surface area (TPSA) is 70.8 Å². The summed E-state index contributed by atoms with van der Waals surface area (Å²) in [7, 11) is 0. The van der Waals surface area contributed by atoms with Crippen LogP contribution in [0.25, 0.3) is 17.4 Å². The van der Waals surface area contributed by atoms with Crippen LogP contribution in [-0.2, 0) is 9.59 Å². The number of hydrogen-bond acceptors (Lipinski definition) is 5. The number of carbonyl (C=O) groups is 2. The van der Waals surface area contributed by atoms with Crippen molar-refractivity contribution in [1.82, 2.24) is 4.90 Å². The average molecular weight is 363 g/mol. The van der Waals surface area contributed by atoms with Crippen molar-refractivity contribution in [3.8, 4) is 11.3 Å². The molecule has 2 aromatic rings. The monoisotopic (exact) mass is 363 g/mol. The van der Waals surface area contributed by atoms with E-state index in [1.165, 1.54) is 12.1 Å². The van der Waals surface area contributed by atoms with Crippen LogP contribution >= 0.6 is 24.0 Å². The van der Waals surface area contributed by atoms with Crippen LogP contribution < -0.4 is 0 Å². The van der Waals surface area contributed by atoms with Gasteiger partial charge < -0.3 is 9.52 Å². The number of rotatable bonds is 4.